The van der Waals surface area contributed by atoms with E-state index in [-0.39, 0.29) is 5.56 Å². The van der Waals surface area contributed by atoms with Crippen LogP contribution in [0.25, 0.3) is 21.6 Å². The maximum absolute atomic E-state index is 13.3. The van der Waals surface area contributed by atoms with Crippen molar-refractivity contribution >= 4 is 27.5 Å². The average Bonchev–Trinajstić information content (AvgIpc) is 2.99. The third-order valence-corrected chi connectivity index (χ3v) is 6.17. The number of hydrogen-bond acceptors (Lipinski definition) is 5. The summed E-state index contributed by atoms with van der Waals surface area (Å²) in [6.45, 7) is 3.73. The molecule has 0 aliphatic heterocycles. The summed E-state index contributed by atoms with van der Waals surface area (Å²) < 4.78 is 1.30. The minimum Gasteiger partial charge on any atom is -0.480 e. The molecule has 26 heavy (non-hydrogen) atoms. The van der Waals surface area contributed by atoms with Crippen LogP contribution < -0.4 is 5.56 Å². The van der Waals surface area contributed by atoms with Gasteiger partial charge in [0, 0.05) is 22.8 Å². The van der Waals surface area contributed by atoms with Crippen LogP contribution in [0.15, 0.2) is 29.3 Å². The molecular weight excluding hydrogens is 350 g/mol. The van der Waals surface area contributed by atoms with E-state index in [0.717, 1.165) is 24.8 Å². The van der Waals surface area contributed by atoms with Gasteiger partial charge in [-0.15, -0.1) is 11.3 Å². The lowest BCUT2D eigenvalue weighted by atomic mass is 9.89. The molecule has 0 saturated heterocycles. The van der Waals surface area contributed by atoms with E-state index in [0.29, 0.717) is 27.5 Å². The molecule has 1 N–H and O–H groups in total. The third-order valence-electron chi connectivity index (χ3n) is 5.03. The highest BCUT2D eigenvalue weighted by atomic mass is 32.1. The number of thiophene rings is 1. The normalized spacial score (nSPS) is 17.8. The second-order valence-corrected chi connectivity index (χ2v) is 7.98. The molecular formula is C19H19N3O3S. The number of rotatable bonds is 3. The van der Waals surface area contributed by atoms with Crippen LogP contribution in [0.3, 0.4) is 0 Å². The molecule has 0 fully saturated rings. The molecule has 3 aromatic heterocycles. The van der Waals surface area contributed by atoms with Crippen molar-refractivity contribution in [2.75, 3.05) is 0 Å². The molecule has 0 spiro atoms. The molecule has 3 heterocycles. The molecule has 0 radical (unpaired) electrons. The Morgan fingerprint density at radius 3 is 2.96 bits per heavy atom. The second kappa shape index (κ2) is 6.32. The van der Waals surface area contributed by atoms with E-state index in [1.807, 2.05) is 0 Å². The largest absolute Gasteiger partial charge is 0.480 e. The van der Waals surface area contributed by atoms with Crippen LogP contribution in [0, 0.1) is 5.92 Å². The van der Waals surface area contributed by atoms with Crippen LogP contribution >= 0.6 is 11.3 Å². The van der Waals surface area contributed by atoms with Crippen molar-refractivity contribution in [3.8, 4) is 11.4 Å². The number of nitrogens with zero attached hydrogens (tertiary/aromatic N) is 3. The zero-order valence-corrected chi connectivity index (χ0v) is 15.4. The van der Waals surface area contributed by atoms with E-state index in [1.54, 1.807) is 35.9 Å². The summed E-state index contributed by atoms with van der Waals surface area (Å²) in [6, 6.07) is 2.54. The molecule has 1 aliphatic rings. The first-order chi connectivity index (χ1) is 12.5. The second-order valence-electron chi connectivity index (χ2n) is 6.90. The van der Waals surface area contributed by atoms with Crippen molar-refractivity contribution in [3.05, 3.63) is 45.3 Å². The van der Waals surface area contributed by atoms with Gasteiger partial charge in [-0.3, -0.25) is 14.3 Å². The average molecular weight is 369 g/mol. The summed E-state index contributed by atoms with van der Waals surface area (Å²) in [4.78, 5) is 35.7. The quantitative estimate of drug-likeness (QED) is 0.766. The van der Waals surface area contributed by atoms with Gasteiger partial charge in [0.15, 0.2) is 0 Å². The fraction of sp³-hybridized carbons (Fsp3) is 0.368. The molecule has 2 atom stereocenters. The maximum Gasteiger partial charge on any atom is 0.326 e. The Kier molecular flexibility index (Phi) is 4.11. The molecule has 0 amide bonds. The standard InChI is InChI=1S/C19H19N3O3S/c1-10-5-6-13-14(8-10)26-17-15(13)18(23)22(11(2)19(24)25)16(21-17)12-4-3-7-20-9-12/h3-4,7,9-11H,5-6,8H2,1-2H3,(H,24,25). The van der Waals surface area contributed by atoms with Crippen molar-refractivity contribution in [1.82, 2.24) is 14.5 Å². The van der Waals surface area contributed by atoms with Gasteiger partial charge in [-0.25, -0.2) is 9.78 Å². The van der Waals surface area contributed by atoms with Gasteiger partial charge in [0.1, 0.15) is 16.7 Å². The molecule has 1 aliphatic carbocycles. The van der Waals surface area contributed by atoms with Gasteiger partial charge in [-0.1, -0.05) is 6.92 Å². The van der Waals surface area contributed by atoms with Crippen LogP contribution in [0.1, 0.15) is 36.8 Å². The van der Waals surface area contributed by atoms with Gasteiger partial charge in [0.25, 0.3) is 5.56 Å². The highest BCUT2D eigenvalue weighted by Gasteiger charge is 2.27. The Labute approximate surface area is 154 Å². The molecule has 0 bridgehead atoms. The number of aromatic nitrogens is 3. The summed E-state index contributed by atoms with van der Waals surface area (Å²) in [7, 11) is 0. The lowest BCUT2D eigenvalue weighted by Gasteiger charge is -2.18. The fourth-order valence-corrected chi connectivity index (χ4v) is 4.94. The van der Waals surface area contributed by atoms with Gasteiger partial charge < -0.3 is 5.11 Å². The number of fused-ring (bicyclic) bond motifs is 3. The van der Waals surface area contributed by atoms with Gasteiger partial charge in [0.2, 0.25) is 0 Å². The summed E-state index contributed by atoms with van der Waals surface area (Å²) in [5.41, 5.74) is 1.43. The Morgan fingerprint density at radius 1 is 1.46 bits per heavy atom. The van der Waals surface area contributed by atoms with Crippen molar-refractivity contribution in [2.45, 2.75) is 39.2 Å². The minimum absolute atomic E-state index is 0.268. The van der Waals surface area contributed by atoms with Gasteiger partial charge in [-0.05, 0) is 49.8 Å². The Hall–Kier alpha value is -2.54. The van der Waals surface area contributed by atoms with Crippen LogP contribution in [0.2, 0.25) is 0 Å². The predicted molar refractivity (Wildman–Crippen MR) is 101 cm³/mol. The number of hydrogen-bond donors (Lipinski definition) is 1. The zero-order chi connectivity index (χ0) is 18.4. The summed E-state index contributed by atoms with van der Waals surface area (Å²) in [5.74, 6) is -0.109. The smallest absolute Gasteiger partial charge is 0.326 e. The van der Waals surface area contributed by atoms with Crippen LogP contribution in [0.5, 0.6) is 0 Å². The molecule has 7 heteroatoms. The van der Waals surface area contributed by atoms with Gasteiger partial charge in [0.05, 0.1) is 5.39 Å². The summed E-state index contributed by atoms with van der Waals surface area (Å²) in [5, 5.41) is 10.1. The molecule has 4 rings (SSSR count). The first kappa shape index (κ1) is 16.9. The van der Waals surface area contributed by atoms with E-state index < -0.39 is 12.0 Å². The third kappa shape index (κ3) is 2.63. The van der Waals surface area contributed by atoms with E-state index in [9.17, 15) is 14.7 Å². The van der Waals surface area contributed by atoms with Crippen molar-refractivity contribution < 1.29 is 9.90 Å². The number of pyridine rings is 1. The van der Waals surface area contributed by atoms with Crippen molar-refractivity contribution in [2.24, 2.45) is 5.92 Å². The summed E-state index contributed by atoms with van der Waals surface area (Å²) >= 11 is 1.56. The van der Waals surface area contributed by atoms with Crippen molar-refractivity contribution in [3.63, 3.8) is 0 Å². The Bertz CT molecular complexity index is 1060. The van der Waals surface area contributed by atoms with E-state index in [2.05, 4.69) is 11.9 Å². The Balaban J connectivity index is 2.06. The van der Waals surface area contributed by atoms with Crippen molar-refractivity contribution in [1.29, 1.82) is 0 Å². The van der Waals surface area contributed by atoms with E-state index in [1.165, 1.54) is 16.4 Å². The molecule has 0 aromatic carbocycles. The topological polar surface area (TPSA) is 85.1 Å². The zero-order valence-electron chi connectivity index (χ0n) is 14.6. The molecule has 3 aromatic rings. The summed E-state index contributed by atoms with van der Waals surface area (Å²) in [6.07, 6.45) is 6.08. The lowest BCUT2D eigenvalue weighted by molar-refractivity contribution is -0.140. The molecule has 2 unspecified atom stereocenters. The number of carboxylic acids is 1. The number of carbonyl (C=O) groups is 1. The van der Waals surface area contributed by atoms with Crippen LogP contribution in [-0.4, -0.2) is 25.6 Å². The Morgan fingerprint density at radius 2 is 2.27 bits per heavy atom. The highest BCUT2D eigenvalue weighted by molar-refractivity contribution is 7.18. The monoisotopic (exact) mass is 369 g/mol. The van der Waals surface area contributed by atoms with Crippen LogP contribution in [-0.2, 0) is 17.6 Å². The fourth-order valence-electron chi connectivity index (χ4n) is 3.57. The van der Waals surface area contributed by atoms with Crippen LogP contribution in [0.4, 0.5) is 0 Å². The van der Waals surface area contributed by atoms with Gasteiger partial charge >= 0.3 is 5.97 Å². The predicted octanol–water partition coefficient (Wildman–Crippen LogP) is 3.29. The van der Waals surface area contributed by atoms with E-state index >= 15 is 0 Å². The molecule has 0 saturated carbocycles. The first-order valence-electron chi connectivity index (χ1n) is 8.67. The lowest BCUT2D eigenvalue weighted by Crippen LogP contribution is -2.30. The minimum atomic E-state index is -1.06. The maximum atomic E-state index is 13.3. The number of carboxylic acid groups (broad SMARTS) is 1. The SMILES string of the molecule is CC1CCc2c(sc3nc(-c4cccnc4)n(C(C)C(=O)O)c(=O)c23)C1. The highest BCUT2D eigenvalue weighted by Crippen LogP contribution is 2.37. The first-order valence-corrected chi connectivity index (χ1v) is 9.49. The molecule has 134 valence electrons. The van der Waals surface area contributed by atoms with E-state index in [4.69, 9.17) is 4.98 Å². The molecule has 6 nitrogen and oxygen atoms in total. The number of aryl methyl sites for hydroxylation is 1. The van der Waals surface area contributed by atoms with Gasteiger partial charge in [-0.2, -0.15) is 0 Å². The number of aliphatic carboxylic acids is 1.